The highest BCUT2D eigenvalue weighted by molar-refractivity contribution is 5.85. The van der Waals surface area contributed by atoms with Crippen LogP contribution in [0.15, 0.2) is 36.4 Å². The molecule has 1 atom stereocenters. The number of nitrogens with one attached hydrogen (secondary N) is 1. The fourth-order valence-electron chi connectivity index (χ4n) is 4.39. The Morgan fingerprint density at radius 1 is 1.18 bits per heavy atom. The van der Waals surface area contributed by atoms with Crippen LogP contribution in [-0.2, 0) is 6.42 Å². The maximum absolute atomic E-state index is 15.0. The van der Waals surface area contributed by atoms with E-state index in [4.69, 9.17) is 4.74 Å². The quantitative estimate of drug-likeness (QED) is 0.691. The summed E-state index contributed by atoms with van der Waals surface area (Å²) in [5, 5.41) is 1.05. The Hall–Kier alpha value is -2.47. The molecule has 0 saturated heterocycles. The first-order chi connectivity index (χ1) is 13.5. The molecule has 146 valence electrons. The number of benzene rings is 2. The van der Waals surface area contributed by atoms with Gasteiger partial charge >= 0.3 is 0 Å². The summed E-state index contributed by atoms with van der Waals surface area (Å²) in [6.07, 6.45) is 1.72. The Kier molecular flexibility index (Phi) is 3.95. The van der Waals surface area contributed by atoms with Crippen molar-refractivity contribution in [2.24, 2.45) is 0 Å². The molecule has 2 heterocycles. The first-order valence-electron chi connectivity index (χ1n) is 9.54. The average Bonchev–Trinajstić information content (AvgIpc) is 3.28. The second-order valence-electron chi connectivity index (χ2n) is 7.84. The van der Waals surface area contributed by atoms with Gasteiger partial charge in [-0.15, -0.1) is 0 Å². The van der Waals surface area contributed by atoms with Crippen molar-refractivity contribution in [3.05, 3.63) is 64.9 Å². The van der Waals surface area contributed by atoms with Crippen LogP contribution in [0, 0.1) is 11.6 Å². The molecular formula is C22H21F3N2O. The predicted molar refractivity (Wildman–Crippen MR) is 101 cm³/mol. The van der Waals surface area contributed by atoms with E-state index in [0.717, 1.165) is 22.2 Å². The van der Waals surface area contributed by atoms with E-state index in [1.165, 1.54) is 19.2 Å². The monoisotopic (exact) mass is 386 g/mol. The number of para-hydroxylation sites is 1. The zero-order chi connectivity index (χ0) is 19.5. The van der Waals surface area contributed by atoms with Crippen LogP contribution in [0.4, 0.5) is 13.2 Å². The fourth-order valence-corrected chi connectivity index (χ4v) is 4.39. The molecule has 6 heteroatoms. The minimum atomic E-state index is -1.25. The van der Waals surface area contributed by atoms with E-state index < -0.39 is 23.3 Å². The number of aromatic amines is 1. The number of methoxy groups -OCH3 is 1. The van der Waals surface area contributed by atoms with E-state index in [9.17, 15) is 13.2 Å². The second-order valence-corrected chi connectivity index (χ2v) is 7.84. The van der Waals surface area contributed by atoms with Crippen molar-refractivity contribution in [2.75, 3.05) is 20.2 Å². The summed E-state index contributed by atoms with van der Waals surface area (Å²) in [5.74, 6) is -1.23. The van der Waals surface area contributed by atoms with E-state index >= 15 is 0 Å². The van der Waals surface area contributed by atoms with Gasteiger partial charge in [0.25, 0.3) is 0 Å². The molecule has 1 N–H and O–H groups in total. The minimum Gasteiger partial charge on any atom is -0.497 e. The maximum Gasteiger partial charge on any atom is 0.135 e. The molecule has 2 aromatic carbocycles. The van der Waals surface area contributed by atoms with Crippen molar-refractivity contribution < 1.29 is 17.9 Å². The van der Waals surface area contributed by atoms with Crippen LogP contribution in [-0.4, -0.2) is 35.8 Å². The van der Waals surface area contributed by atoms with Gasteiger partial charge in [0, 0.05) is 47.4 Å². The highest BCUT2D eigenvalue weighted by Gasteiger charge is 2.47. The van der Waals surface area contributed by atoms with Gasteiger partial charge < -0.3 is 9.72 Å². The largest absolute Gasteiger partial charge is 0.497 e. The van der Waals surface area contributed by atoms with Gasteiger partial charge in [-0.2, -0.15) is 0 Å². The molecule has 1 fully saturated rings. The molecule has 3 nitrogen and oxygen atoms in total. The Morgan fingerprint density at radius 2 is 1.89 bits per heavy atom. The Balaban J connectivity index is 1.69. The van der Waals surface area contributed by atoms with E-state index in [1.807, 2.05) is 29.2 Å². The van der Waals surface area contributed by atoms with Gasteiger partial charge in [0.2, 0.25) is 0 Å². The van der Waals surface area contributed by atoms with Crippen LogP contribution in [0.5, 0.6) is 5.75 Å². The molecule has 28 heavy (non-hydrogen) atoms. The lowest BCUT2D eigenvalue weighted by Gasteiger charge is -2.37. The third-order valence-corrected chi connectivity index (χ3v) is 5.97. The summed E-state index contributed by atoms with van der Waals surface area (Å²) in [4.78, 5) is 5.23. The number of nitrogens with zero attached hydrogens (tertiary/aromatic N) is 1. The van der Waals surface area contributed by atoms with Crippen LogP contribution in [0.25, 0.3) is 10.9 Å². The van der Waals surface area contributed by atoms with Gasteiger partial charge in [0.1, 0.15) is 23.1 Å². The normalized spacial score (nSPS) is 20.9. The zero-order valence-corrected chi connectivity index (χ0v) is 15.6. The summed E-state index contributed by atoms with van der Waals surface area (Å²) in [6, 6.07) is 9.52. The molecule has 1 unspecified atom stereocenters. The van der Waals surface area contributed by atoms with Crippen LogP contribution in [0.3, 0.4) is 0 Å². The number of halogens is 3. The summed E-state index contributed by atoms with van der Waals surface area (Å²) in [7, 11) is 1.37. The van der Waals surface area contributed by atoms with Crippen molar-refractivity contribution in [3.8, 4) is 5.75 Å². The molecule has 1 aromatic heterocycles. The molecule has 3 aromatic rings. The zero-order valence-electron chi connectivity index (χ0n) is 15.6. The summed E-state index contributed by atoms with van der Waals surface area (Å²) >= 11 is 0. The lowest BCUT2D eigenvalue weighted by atomic mass is 9.91. The summed E-state index contributed by atoms with van der Waals surface area (Å²) in [6.45, 7) is 0.730. The number of H-pyrrole nitrogens is 1. The van der Waals surface area contributed by atoms with Crippen LogP contribution >= 0.6 is 0 Å². The molecule has 1 aliphatic heterocycles. The molecular weight excluding hydrogens is 365 g/mol. The summed E-state index contributed by atoms with van der Waals surface area (Å²) < 4.78 is 49.6. The first kappa shape index (κ1) is 17.6. The highest BCUT2D eigenvalue weighted by atomic mass is 19.1. The Morgan fingerprint density at radius 3 is 2.57 bits per heavy atom. The molecule has 0 amide bonds. The number of fused-ring (bicyclic) bond motifs is 3. The third-order valence-electron chi connectivity index (χ3n) is 5.97. The molecule has 0 radical (unpaired) electrons. The smallest absolute Gasteiger partial charge is 0.135 e. The molecule has 0 bridgehead atoms. The second kappa shape index (κ2) is 6.27. The lowest BCUT2D eigenvalue weighted by molar-refractivity contribution is 0.135. The standard InChI is InChI=1S/C22H21F3N2O/c1-28-13-10-16(23)19(17(24)11-13)21-20-15(14-4-2-3-5-18(14)26-20)6-9-27(21)12-22(25)7-8-22/h2-5,10-11,21,26H,6-9,12H2,1H3. The van der Waals surface area contributed by atoms with E-state index in [0.29, 0.717) is 25.8 Å². The average molecular weight is 386 g/mol. The van der Waals surface area contributed by atoms with Crippen molar-refractivity contribution >= 4 is 10.9 Å². The lowest BCUT2D eigenvalue weighted by Crippen LogP contribution is -2.41. The van der Waals surface area contributed by atoms with Crippen LogP contribution < -0.4 is 4.74 Å². The maximum atomic E-state index is 15.0. The van der Waals surface area contributed by atoms with Crippen molar-refractivity contribution in [1.29, 1.82) is 0 Å². The number of aromatic nitrogens is 1. The number of rotatable bonds is 4. The van der Waals surface area contributed by atoms with Gasteiger partial charge in [-0.1, -0.05) is 18.2 Å². The molecule has 5 rings (SSSR count). The van der Waals surface area contributed by atoms with Gasteiger partial charge in [0.15, 0.2) is 0 Å². The SMILES string of the molecule is COc1cc(F)c(C2c3[nH]c4ccccc4c3CCN2CC2(F)CC2)c(F)c1. The van der Waals surface area contributed by atoms with Crippen molar-refractivity contribution in [2.45, 2.75) is 31.0 Å². The van der Waals surface area contributed by atoms with Gasteiger partial charge in [-0.05, 0) is 30.9 Å². The first-order valence-corrected chi connectivity index (χ1v) is 9.54. The van der Waals surface area contributed by atoms with E-state index in [1.54, 1.807) is 0 Å². The summed E-state index contributed by atoms with van der Waals surface area (Å²) in [5.41, 5.74) is 1.42. The molecule has 1 aliphatic carbocycles. The van der Waals surface area contributed by atoms with Gasteiger partial charge in [-0.25, -0.2) is 13.2 Å². The Labute approximate surface area is 161 Å². The van der Waals surface area contributed by atoms with Gasteiger partial charge in [-0.3, -0.25) is 4.90 Å². The molecule has 0 spiro atoms. The number of hydrogen-bond acceptors (Lipinski definition) is 2. The topological polar surface area (TPSA) is 28.3 Å². The number of alkyl halides is 1. The molecule has 1 saturated carbocycles. The Bertz CT molecular complexity index is 1030. The third kappa shape index (κ3) is 2.78. The van der Waals surface area contributed by atoms with Crippen LogP contribution in [0.1, 0.15) is 35.7 Å². The number of ether oxygens (including phenoxy) is 1. The van der Waals surface area contributed by atoms with E-state index in [2.05, 4.69) is 4.98 Å². The molecule has 2 aliphatic rings. The van der Waals surface area contributed by atoms with Crippen molar-refractivity contribution in [1.82, 2.24) is 9.88 Å². The van der Waals surface area contributed by atoms with Crippen molar-refractivity contribution in [3.63, 3.8) is 0 Å². The fraction of sp³-hybridized carbons (Fsp3) is 0.364. The van der Waals surface area contributed by atoms with Crippen LogP contribution in [0.2, 0.25) is 0 Å². The van der Waals surface area contributed by atoms with Gasteiger partial charge in [0.05, 0.1) is 13.2 Å². The minimum absolute atomic E-state index is 0.0578. The number of hydrogen-bond donors (Lipinski definition) is 1. The highest BCUT2D eigenvalue weighted by Crippen LogP contribution is 2.46. The predicted octanol–water partition coefficient (Wildman–Crippen LogP) is 4.90. The van der Waals surface area contributed by atoms with E-state index in [-0.39, 0.29) is 17.9 Å².